The first-order chi connectivity index (χ1) is 10.3. The number of rotatable bonds is 3. The molecule has 1 aliphatic rings. The molecule has 0 saturated heterocycles. The SMILES string of the molecule is N#Cc1cccc(OCc2cc(F)cc3c2OCOC3)c1. The summed E-state index contributed by atoms with van der Waals surface area (Å²) in [7, 11) is 0. The fourth-order valence-electron chi connectivity index (χ4n) is 2.18. The van der Waals surface area contributed by atoms with Crippen molar-refractivity contribution in [1.82, 2.24) is 0 Å². The number of nitrogens with zero attached hydrogens (tertiary/aromatic N) is 1. The Kier molecular flexibility index (Phi) is 3.71. The molecule has 106 valence electrons. The highest BCUT2D eigenvalue weighted by atomic mass is 19.1. The van der Waals surface area contributed by atoms with Gasteiger partial charge in [-0.2, -0.15) is 5.26 Å². The average Bonchev–Trinajstić information content (AvgIpc) is 2.52. The maximum absolute atomic E-state index is 13.6. The summed E-state index contributed by atoms with van der Waals surface area (Å²) in [5.74, 6) is 0.811. The Morgan fingerprint density at radius 3 is 3.05 bits per heavy atom. The molecule has 0 aromatic heterocycles. The maximum atomic E-state index is 13.6. The third-order valence-electron chi connectivity index (χ3n) is 3.11. The minimum absolute atomic E-state index is 0.148. The second-order valence-corrected chi connectivity index (χ2v) is 4.59. The van der Waals surface area contributed by atoms with Gasteiger partial charge >= 0.3 is 0 Å². The minimum atomic E-state index is -0.354. The summed E-state index contributed by atoms with van der Waals surface area (Å²) in [6.07, 6.45) is 0. The third-order valence-corrected chi connectivity index (χ3v) is 3.11. The van der Waals surface area contributed by atoms with Crippen LogP contribution in [0, 0.1) is 17.1 Å². The van der Waals surface area contributed by atoms with Gasteiger partial charge in [0.25, 0.3) is 0 Å². The molecule has 0 unspecified atom stereocenters. The molecule has 3 rings (SSSR count). The largest absolute Gasteiger partial charge is 0.489 e. The predicted molar refractivity (Wildman–Crippen MR) is 72.2 cm³/mol. The van der Waals surface area contributed by atoms with Crippen LogP contribution in [0.15, 0.2) is 36.4 Å². The summed E-state index contributed by atoms with van der Waals surface area (Å²) in [6, 6.07) is 11.6. The number of fused-ring (bicyclic) bond motifs is 1. The number of nitriles is 1. The number of benzene rings is 2. The van der Waals surface area contributed by atoms with Gasteiger partial charge in [0, 0.05) is 11.1 Å². The molecule has 0 fully saturated rings. The van der Waals surface area contributed by atoms with E-state index in [-0.39, 0.29) is 19.2 Å². The van der Waals surface area contributed by atoms with E-state index in [9.17, 15) is 4.39 Å². The molecule has 0 atom stereocenters. The monoisotopic (exact) mass is 285 g/mol. The van der Waals surface area contributed by atoms with Gasteiger partial charge in [-0.25, -0.2) is 4.39 Å². The molecule has 0 radical (unpaired) electrons. The lowest BCUT2D eigenvalue weighted by molar-refractivity contribution is -0.0178. The van der Waals surface area contributed by atoms with Gasteiger partial charge in [-0.3, -0.25) is 0 Å². The van der Waals surface area contributed by atoms with Crippen LogP contribution in [0.4, 0.5) is 4.39 Å². The molecule has 1 heterocycles. The smallest absolute Gasteiger partial charge is 0.189 e. The van der Waals surface area contributed by atoms with Gasteiger partial charge in [0.05, 0.1) is 18.2 Å². The fourth-order valence-corrected chi connectivity index (χ4v) is 2.18. The van der Waals surface area contributed by atoms with E-state index in [0.29, 0.717) is 34.8 Å². The number of halogens is 1. The van der Waals surface area contributed by atoms with Crippen molar-refractivity contribution in [2.75, 3.05) is 6.79 Å². The number of hydrogen-bond acceptors (Lipinski definition) is 4. The van der Waals surface area contributed by atoms with E-state index in [1.165, 1.54) is 12.1 Å². The van der Waals surface area contributed by atoms with E-state index in [4.69, 9.17) is 19.5 Å². The lowest BCUT2D eigenvalue weighted by atomic mass is 10.1. The van der Waals surface area contributed by atoms with Crippen LogP contribution in [0.2, 0.25) is 0 Å². The van der Waals surface area contributed by atoms with Crippen LogP contribution < -0.4 is 9.47 Å². The Balaban J connectivity index is 1.82. The zero-order chi connectivity index (χ0) is 14.7. The van der Waals surface area contributed by atoms with Gasteiger partial charge in [-0.05, 0) is 30.3 Å². The third kappa shape index (κ3) is 2.96. The Morgan fingerprint density at radius 2 is 2.19 bits per heavy atom. The molecular formula is C16H12FNO3. The maximum Gasteiger partial charge on any atom is 0.189 e. The molecule has 2 aromatic rings. The van der Waals surface area contributed by atoms with Gasteiger partial charge in [0.2, 0.25) is 0 Å². The lowest BCUT2D eigenvalue weighted by Crippen LogP contribution is -2.14. The molecule has 0 spiro atoms. The fraction of sp³-hybridized carbons (Fsp3) is 0.188. The quantitative estimate of drug-likeness (QED) is 0.869. The van der Waals surface area contributed by atoms with E-state index in [0.717, 1.165) is 0 Å². The zero-order valence-corrected chi connectivity index (χ0v) is 11.1. The highest BCUT2D eigenvalue weighted by molar-refractivity contribution is 5.43. The van der Waals surface area contributed by atoms with Gasteiger partial charge in [0.15, 0.2) is 6.79 Å². The molecule has 4 nitrogen and oxygen atoms in total. The Labute approximate surface area is 121 Å². The molecule has 1 aliphatic heterocycles. The minimum Gasteiger partial charge on any atom is -0.489 e. The molecule has 0 bridgehead atoms. The van der Waals surface area contributed by atoms with Crippen molar-refractivity contribution in [2.24, 2.45) is 0 Å². The second-order valence-electron chi connectivity index (χ2n) is 4.59. The van der Waals surface area contributed by atoms with Crippen molar-refractivity contribution < 1.29 is 18.6 Å². The van der Waals surface area contributed by atoms with Gasteiger partial charge in [-0.15, -0.1) is 0 Å². The normalized spacial score (nSPS) is 13.0. The Morgan fingerprint density at radius 1 is 1.29 bits per heavy atom. The highest BCUT2D eigenvalue weighted by Gasteiger charge is 2.17. The van der Waals surface area contributed by atoms with Crippen molar-refractivity contribution in [3.05, 3.63) is 58.9 Å². The summed E-state index contributed by atoms with van der Waals surface area (Å²) in [6.45, 7) is 0.633. The molecule has 21 heavy (non-hydrogen) atoms. The standard InChI is InChI=1S/C16H12FNO3/c17-14-5-12-8-19-10-21-16(12)13(6-14)9-20-15-3-1-2-11(4-15)7-18/h1-6H,8-10H2. The predicted octanol–water partition coefficient (Wildman–Crippen LogP) is 3.14. The average molecular weight is 285 g/mol. The highest BCUT2D eigenvalue weighted by Crippen LogP contribution is 2.30. The van der Waals surface area contributed by atoms with Crippen LogP contribution in [-0.4, -0.2) is 6.79 Å². The van der Waals surface area contributed by atoms with Crippen LogP contribution in [-0.2, 0) is 18.0 Å². The van der Waals surface area contributed by atoms with Gasteiger partial charge < -0.3 is 14.2 Å². The van der Waals surface area contributed by atoms with E-state index < -0.39 is 0 Å². The van der Waals surface area contributed by atoms with E-state index >= 15 is 0 Å². The molecular weight excluding hydrogens is 273 g/mol. The Hall–Kier alpha value is -2.58. The van der Waals surface area contributed by atoms with Crippen LogP contribution in [0.5, 0.6) is 11.5 Å². The van der Waals surface area contributed by atoms with Crippen molar-refractivity contribution in [3.8, 4) is 17.6 Å². The van der Waals surface area contributed by atoms with Crippen molar-refractivity contribution in [1.29, 1.82) is 5.26 Å². The second kappa shape index (κ2) is 5.81. The van der Waals surface area contributed by atoms with Crippen LogP contribution >= 0.6 is 0 Å². The van der Waals surface area contributed by atoms with Crippen LogP contribution in [0.1, 0.15) is 16.7 Å². The summed E-state index contributed by atoms with van der Waals surface area (Å²) in [4.78, 5) is 0. The van der Waals surface area contributed by atoms with E-state index in [1.54, 1.807) is 24.3 Å². The van der Waals surface area contributed by atoms with Gasteiger partial charge in [0.1, 0.15) is 23.9 Å². The van der Waals surface area contributed by atoms with E-state index in [2.05, 4.69) is 0 Å². The summed E-state index contributed by atoms with van der Waals surface area (Å²) < 4.78 is 29.8. The van der Waals surface area contributed by atoms with Crippen molar-refractivity contribution >= 4 is 0 Å². The molecule has 0 amide bonds. The van der Waals surface area contributed by atoms with E-state index in [1.807, 2.05) is 6.07 Å². The molecule has 2 aromatic carbocycles. The van der Waals surface area contributed by atoms with Crippen molar-refractivity contribution in [3.63, 3.8) is 0 Å². The summed E-state index contributed by atoms with van der Waals surface area (Å²) >= 11 is 0. The van der Waals surface area contributed by atoms with Crippen LogP contribution in [0.3, 0.4) is 0 Å². The molecule has 0 aliphatic carbocycles. The molecule has 0 N–H and O–H groups in total. The first kappa shape index (κ1) is 13.4. The lowest BCUT2D eigenvalue weighted by Gasteiger charge is -2.21. The van der Waals surface area contributed by atoms with Crippen molar-refractivity contribution in [2.45, 2.75) is 13.2 Å². The van der Waals surface area contributed by atoms with Crippen LogP contribution in [0.25, 0.3) is 0 Å². The molecule has 5 heteroatoms. The molecule has 0 saturated carbocycles. The number of ether oxygens (including phenoxy) is 3. The Bertz CT molecular complexity index is 709. The first-order valence-electron chi connectivity index (χ1n) is 6.41. The summed E-state index contributed by atoms with van der Waals surface area (Å²) in [5.41, 5.74) is 1.81. The van der Waals surface area contributed by atoms with Gasteiger partial charge in [-0.1, -0.05) is 6.07 Å². The summed E-state index contributed by atoms with van der Waals surface area (Å²) in [5, 5.41) is 8.85. The zero-order valence-electron chi connectivity index (χ0n) is 11.1. The topological polar surface area (TPSA) is 51.5 Å². The number of hydrogen-bond donors (Lipinski definition) is 0. The first-order valence-corrected chi connectivity index (χ1v) is 6.41.